The number of aromatic nitrogens is 6. The Morgan fingerprint density at radius 3 is 2.90 bits per heavy atom. The molecule has 0 aromatic carbocycles. The summed E-state index contributed by atoms with van der Waals surface area (Å²) >= 11 is 0. The van der Waals surface area contributed by atoms with Crippen LogP contribution in [0.3, 0.4) is 0 Å². The molecule has 0 radical (unpaired) electrons. The number of anilines is 1. The number of hydrogen-bond donors (Lipinski definition) is 3. The minimum atomic E-state index is -0.498. The molecule has 1 saturated carbocycles. The van der Waals surface area contributed by atoms with Gasteiger partial charge in [0, 0.05) is 41.1 Å². The van der Waals surface area contributed by atoms with Crippen molar-refractivity contribution in [2.75, 3.05) is 5.32 Å². The van der Waals surface area contributed by atoms with Crippen molar-refractivity contribution in [1.82, 2.24) is 29.5 Å². The predicted molar refractivity (Wildman–Crippen MR) is 112 cm³/mol. The van der Waals surface area contributed by atoms with Crippen molar-refractivity contribution in [2.24, 2.45) is 0 Å². The zero-order chi connectivity index (χ0) is 20.0. The molecular weight excluding hydrogens is 366 g/mol. The Morgan fingerprint density at radius 2 is 2.10 bits per heavy atom. The second-order valence-electron chi connectivity index (χ2n) is 8.05. The number of aryl methyl sites for hydroxylation is 1. The molecule has 0 atom stereocenters. The quantitative estimate of drug-likeness (QED) is 0.492. The van der Waals surface area contributed by atoms with E-state index in [1.165, 1.54) is 0 Å². The molecule has 1 fully saturated rings. The van der Waals surface area contributed by atoms with Gasteiger partial charge in [0.15, 0.2) is 5.65 Å². The molecule has 8 heteroatoms. The number of pyridine rings is 1. The van der Waals surface area contributed by atoms with Gasteiger partial charge in [-0.2, -0.15) is 4.98 Å². The summed E-state index contributed by atoms with van der Waals surface area (Å²) in [6.45, 7) is 3.99. The molecule has 0 amide bonds. The third-order valence-corrected chi connectivity index (χ3v) is 6.22. The van der Waals surface area contributed by atoms with Crippen molar-refractivity contribution in [1.29, 1.82) is 0 Å². The molecule has 0 spiro atoms. The summed E-state index contributed by atoms with van der Waals surface area (Å²) in [5.74, 6) is 1.48. The molecule has 1 aliphatic carbocycles. The van der Waals surface area contributed by atoms with Crippen LogP contribution in [0, 0.1) is 6.92 Å². The Labute approximate surface area is 168 Å². The first-order valence-electron chi connectivity index (χ1n) is 10.2. The van der Waals surface area contributed by atoms with Gasteiger partial charge in [0.2, 0.25) is 5.95 Å². The van der Waals surface area contributed by atoms with E-state index in [0.29, 0.717) is 12.0 Å². The Kier molecular flexibility index (Phi) is 4.24. The molecule has 4 aromatic rings. The lowest BCUT2D eigenvalue weighted by molar-refractivity contribution is -0.00197. The number of nitrogens with one attached hydrogen (secondary N) is 2. The molecule has 5 rings (SSSR count). The number of aromatic amines is 1. The number of aliphatic hydroxyl groups is 1. The van der Waals surface area contributed by atoms with E-state index in [9.17, 15) is 5.11 Å². The Hall–Kier alpha value is -3.00. The summed E-state index contributed by atoms with van der Waals surface area (Å²) < 4.78 is 1.98. The van der Waals surface area contributed by atoms with Crippen molar-refractivity contribution < 1.29 is 5.11 Å². The molecular formula is C21H25N7O. The van der Waals surface area contributed by atoms with Crippen LogP contribution in [0.4, 0.5) is 5.95 Å². The molecule has 4 heterocycles. The maximum absolute atomic E-state index is 10.4. The molecule has 8 nitrogen and oxygen atoms in total. The van der Waals surface area contributed by atoms with Crippen LogP contribution < -0.4 is 5.32 Å². The lowest BCUT2D eigenvalue weighted by Crippen LogP contribution is -2.38. The van der Waals surface area contributed by atoms with Gasteiger partial charge in [-0.3, -0.25) is 4.40 Å². The van der Waals surface area contributed by atoms with Gasteiger partial charge in [0.1, 0.15) is 11.5 Å². The van der Waals surface area contributed by atoms with Crippen LogP contribution in [0.2, 0.25) is 0 Å². The van der Waals surface area contributed by atoms with Gasteiger partial charge in [0.25, 0.3) is 0 Å². The van der Waals surface area contributed by atoms with Gasteiger partial charge in [-0.15, -0.1) is 10.2 Å². The van der Waals surface area contributed by atoms with Crippen LogP contribution >= 0.6 is 0 Å². The Balaban J connectivity index is 1.39. The lowest BCUT2D eigenvalue weighted by atomic mass is 9.80. The average molecular weight is 391 g/mol. The number of fused-ring (bicyclic) bond motifs is 2. The molecule has 0 saturated heterocycles. The van der Waals surface area contributed by atoms with E-state index in [-0.39, 0.29) is 0 Å². The Morgan fingerprint density at radius 1 is 1.28 bits per heavy atom. The average Bonchev–Trinajstić information content (AvgIpc) is 3.33. The molecule has 0 unspecified atom stereocenters. The third-order valence-electron chi connectivity index (χ3n) is 6.22. The zero-order valence-electron chi connectivity index (χ0n) is 16.7. The van der Waals surface area contributed by atoms with Crippen LogP contribution in [0.1, 0.15) is 44.9 Å². The van der Waals surface area contributed by atoms with E-state index in [2.05, 4.69) is 37.4 Å². The molecule has 29 heavy (non-hydrogen) atoms. The topological polar surface area (TPSA) is 104 Å². The van der Waals surface area contributed by atoms with Gasteiger partial charge in [-0.25, -0.2) is 4.98 Å². The van der Waals surface area contributed by atoms with Crippen molar-refractivity contribution in [2.45, 2.75) is 57.6 Å². The van der Waals surface area contributed by atoms with Crippen LogP contribution in [0.15, 0.2) is 30.7 Å². The SMILES string of the molecule is CCC1(O)CCC(Nc2ncc3c(-c4ccc5nnc(C)n5c4)c[nH]c3n2)CC1. The summed E-state index contributed by atoms with van der Waals surface area (Å²) in [6.07, 6.45) is 10.2. The molecule has 150 valence electrons. The van der Waals surface area contributed by atoms with E-state index in [4.69, 9.17) is 0 Å². The van der Waals surface area contributed by atoms with Crippen molar-refractivity contribution in [3.8, 4) is 11.1 Å². The fraction of sp³-hybridized carbons (Fsp3) is 0.429. The minimum Gasteiger partial charge on any atom is -0.390 e. The lowest BCUT2D eigenvalue weighted by Gasteiger charge is -2.35. The highest BCUT2D eigenvalue weighted by atomic mass is 16.3. The minimum absolute atomic E-state index is 0.299. The predicted octanol–water partition coefficient (Wildman–Crippen LogP) is 3.47. The van der Waals surface area contributed by atoms with Gasteiger partial charge >= 0.3 is 0 Å². The second-order valence-corrected chi connectivity index (χ2v) is 8.05. The second kappa shape index (κ2) is 6.81. The summed E-state index contributed by atoms with van der Waals surface area (Å²) in [6, 6.07) is 4.30. The standard InChI is InChI=1S/C21H25N7O/c1-3-21(29)8-6-15(7-9-21)24-20-23-11-17-16(10-22-19(17)25-20)14-4-5-18-27-26-13(2)28(18)12-14/h4-5,10-12,15,29H,3,6-9H2,1-2H3,(H2,22,23,24,25). The van der Waals surface area contributed by atoms with E-state index >= 15 is 0 Å². The third kappa shape index (κ3) is 3.23. The first-order valence-corrected chi connectivity index (χ1v) is 10.2. The molecule has 0 aliphatic heterocycles. The zero-order valence-corrected chi connectivity index (χ0v) is 16.7. The number of rotatable bonds is 4. The number of hydrogen-bond acceptors (Lipinski definition) is 6. The summed E-state index contributed by atoms with van der Waals surface area (Å²) in [7, 11) is 0. The van der Waals surface area contributed by atoms with Gasteiger partial charge in [-0.1, -0.05) is 6.92 Å². The van der Waals surface area contributed by atoms with Gasteiger partial charge in [0.05, 0.1) is 5.60 Å². The molecule has 1 aliphatic rings. The first-order chi connectivity index (χ1) is 14.0. The van der Waals surface area contributed by atoms with Crippen molar-refractivity contribution >= 4 is 22.6 Å². The maximum Gasteiger partial charge on any atom is 0.224 e. The summed E-state index contributed by atoms with van der Waals surface area (Å²) in [5.41, 5.74) is 3.24. The van der Waals surface area contributed by atoms with Crippen LogP contribution in [0.5, 0.6) is 0 Å². The highest BCUT2D eigenvalue weighted by Crippen LogP contribution is 2.32. The van der Waals surface area contributed by atoms with Gasteiger partial charge in [-0.05, 0) is 51.2 Å². The highest BCUT2D eigenvalue weighted by molar-refractivity contribution is 5.93. The molecule has 3 N–H and O–H groups in total. The monoisotopic (exact) mass is 391 g/mol. The van der Waals surface area contributed by atoms with E-state index in [1.807, 2.05) is 42.0 Å². The largest absolute Gasteiger partial charge is 0.390 e. The highest BCUT2D eigenvalue weighted by Gasteiger charge is 2.31. The van der Waals surface area contributed by atoms with E-state index < -0.39 is 5.60 Å². The van der Waals surface area contributed by atoms with E-state index in [1.54, 1.807) is 0 Å². The smallest absolute Gasteiger partial charge is 0.224 e. The first kappa shape index (κ1) is 18.1. The molecule has 0 bridgehead atoms. The normalized spacial score (nSPS) is 22.4. The summed E-state index contributed by atoms with van der Waals surface area (Å²) in [4.78, 5) is 12.5. The Bertz CT molecular complexity index is 1170. The van der Waals surface area contributed by atoms with Crippen molar-refractivity contribution in [3.05, 3.63) is 36.5 Å². The summed E-state index contributed by atoms with van der Waals surface area (Å²) in [5, 5.41) is 23.1. The van der Waals surface area contributed by atoms with Crippen LogP contribution in [0.25, 0.3) is 27.8 Å². The van der Waals surface area contributed by atoms with Gasteiger partial charge < -0.3 is 15.4 Å². The van der Waals surface area contributed by atoms with Crippen LogP contribution in [-0.2, 0) is 0 Å². The fourth-order valence-corrected chi connectivity index (χ4v) is 4.22. The van der Waals surface area contributed by atoms with Crippen LogP contribution in [-0.4, -0.2) is 46.3 Å². The van der Waals surface area contributed by atoms with E-state index in [0.717, 1.165) is 65.7 Å². The van der Waals surface area contributed by atoms with Crippen molar-refractivity contribution in [3.63, 3.8) is 0 Å². The molecule has 4 aromatic heterocycles. The maximum atomic E-state index is 10.4. The number of nitrogens with zero attached hydrogens (tertiary/aromatic N) is 5. The fourth-order valence-electron chi connectivity index (χ4n) is 4.22. The number of H-pyrrole nitrogens is 1.